The highest BCUT2D eigenvalue weighted by Crippen LogP contribution is 2.36. The number of esters is 1. The minimum absolute atomic E-state index is 0.0389. The summed E-state index contributed by atoms with van der Waals surface area (Å²) in [5.74, 6) is 0.283. The van der Waals surface area contributed by atoms with Crippen LogP contribution < -0.4 is 15.4 Å². The molecule has 1 aromatic heterocycles. The van der Waals surface area contributed by atoms with Gasteiger partial charge in [0.2, 0.25) is 11.8 Å². The number of aromatic nitrogens is 2. The van der Waals surface area contributed by atoms with Crippen LogP contribution in [-0.4, -0.2) is 53.6 Å². The zero-order chi connectivity index (χ0) is 37.7. The molecular formula is C41H72N4O5. The van der Waals surface area contributed by atoms with Gasteiger partial charge in [0.05, 0.1) is 19.5 Å². The van der Waals surface area contributed by atoms with Gasteiger partial charge in [0.25, 0.3) is 0 Å². The lowest BCUT2D eigenvalue weighted by atomic mass is 9.91. The first kappa shape index (κ1) is 46.6. The van der Waals surface area contributed by atoms with Gasteiger partial charge in [0.15, 0.2) is 0 Å². The van der Waals surface area contributed by atoms with Crippen LogP contribution in [0.1, 0.15) is 159 Å². The number of unbranched alkanes of at least 4 members (excludes halogenated alkanes) is 9. The number of nitrogens with one attached hydrogen (secondary N) is 3. The summed E-state index contributed by atoms with van der Waals surface area (Å²) >= 11 is 0. The van der Waals surface area contributed by atoms with Gasteiger partial charge in [-0.3, -0.25) is 9.59 Å². The minimum atomic E-state index is -0.803. The number of fused-ring (bicyclic) bond motifs is 1. The molecule has 3 rings (SSSR count). The third-order valence-electron chi connectivity index (χ3n) is 8.77. The van der Waals surface area contributed by atoms with E-state index in [0.29, 0.717) is 12.5 Å². The zero-order valence-electron chi connectivity index (χ0n) is 33.4. The van der Waals surface area contributed by atoms with Crippen LogP contribution in [-0.2, 0) is 32.0 Å². The van der Waals surface area contributed by atoms with Crippen molar-refractivity contribution in [3.05, 3.63) is 46.5 Å². The molecule has 0 radical (unpaired) electrons. The molecule has 9 heteroatoms. The minimum Gasteiger partial charge on any atom is -0.490 e. The molecule has 286 valence electrons. The maximum Gasteiger partial charge on any atom is 0.328 e. The number of benzene rings is 1. The summed E-state index contributed by atoms with van der Waals surface area (Å²) in [7, 11) is 1.28. The van der Waals surface area contributed by atoms with Crippen LogP contribution in [0, 0.1) is 20.8 Å². The average Bonchev–Trinajstić information content (AvgIpc) is 3.66. The van der Waals surface area contributed by atoms with Crippen molar-refractivity contribution in [1.82, 2.24) is 20.6 Å². The Balaban J connectivity index is 0.00000379. The van der Waals surface area contributed by atoms with Gasteiger partial charge >= 0.3 is 5.97 Å². The Bertz CT molecular complexity index is 1180. The number of hydrogen-bond donors (Lipinski definition) is 3. The lowest BCUT2D eigenvalue weighted by Crippen LogP contribution is -2.44. The molecule has 0 aliphatic carbocycles. The van der Waals surface area contributed by atoms with E-state index in [2.05, 4.69) is 47.4 Å². The summed E-state index contributed by atoms with van der Waals surface area (Å²) in [5, 5.41) is 5.48. The van der Waals surface area contributed by atoms with Crippen molar-refractivity contribution in [3.8, 4) is 5.75 Å². The first-order valence-electron chi connectivity index (χ1n) is 19.7. The predicted molar refractivity (Wildman–Crippen MR) is 207 cm³/mol. The van der Waals surface area contributed by atoms with Crippen molar-refractivity contribution < 1.29 is 23.9 Å². The first-order valence-corrected chi connectivity index (χ1v) is 19.7. The Labute approximate surface area is 304 Å². The van der Waals surface area contributed by atoms with Crippen LogP contribution in [0.4, 0.5) is 0 Å². The molecule has 2 atom stereocenters. The number of H-pyrrole nitrogens is 1. The van der Waals surface area contributed by atoms with E-state index in [1.54, 1.807) is 6.20 Å². The number of aryl methyl sites for hydroxylation is 2. The topological polar surface area (TPSA) is 122 Å². The Morgan fingerprint density at radius 3 is 2.04 bits per heavy atom. The van der Waals surface area contributed by atoms with E-state index < -0.39 is 12.0 Å². The number of hydrogen-bond acceptors (Lipinski definition) is 6. The number of aromatic amines is 1. The maximum absolute atomic E-state index is 12.3. The summed E-state index contributed by atoms with van der Waals surface area (Å²) in [6.07, 6.45) is 19.7. The van der Waals surface area contributed by atoms with Crippen LogP contribution in [0.5, 0.6) is 5.75 Å². The molecule has 0 bridgehead atoms. The summed E-state index contributed by atoms with van der Waals surface area (Å²) in [6.45, 7) is 18.8. The van der Waals surface area contributed by atoms with E-state index in [1.807, 2.05) is 41.5 Å². The normalized spacial score (nSPS) is 13.4. The third-order valence-corrected chi connectivity index (χ3v) is 8.77. The van der Waals surface area contributed by atoms with E-state index in [1.165, 1.54) is 80.6 Å². The van der Waals surface area contributed by atoms with Gasteiger partial charge < -0.3 is 25.1 Å². The molecule has 2 unspecified atom stereocenters. The number of amides is 2. The van der Waals surface area contributed by atoms with E-state index in [0.717, 1.165) is 50.0 Å². The maximum atomic E-state index is 12.3. The fraction of sp³-hybridized carbons (Fsp3) is 0.707. The van der Waals surface area contributed by atoms with E-state index >= 15 is 0 Å². The van der Waals surface area contributed by atoms with E-state index in [4.69, 9.17) is 9.47 Å². The molecule has 2 heterocycles. The molecule has 2 amide bonds. The molecule has 9 nitrogen and oxygen atoms in total. The Morgan fingerprint density at radius 1 is 0.860 bits per heavy atom. The molecule has 0 saturated carbocycles. The van der Waals surface area contributed by atoms with Crippen LogP contribution in [0.15, 0.2) is 18.6 Å². The number of nitrogens with zero attached hydrogens (tertiary/aromatic N) is 1. The van der Waals surface area contributed by atoms with Gasteiger partial charge in [-0.25, -0.2) is 9.78 Å². The van der Waals surface area contributed by atoms with Crippen LogP contribution in [0.3, 0.4) is 0 Å². The molecule has 1 aromatic carbocycles. The van der Waals surface area contributed by atoms with Crippen LogP contribution >= 0.6 is 0 Å². The van der Waals surface area contributed by atoms with Gasteiger partial charge in [-0.1, -0.05) is 99.0 Å². The standard InChI is InChI=1S/C35H54N4O5.3C2H6/c1-25-21-26(2)30-18-17-29(44-34(30)27(25)3)15-13-11-9-7-5-6-8-10-12-14-16-32(40)37-20-19-33(41)39-31(35(42)43-4)22-28-23-36-24-38-28;3*1-2/h21,23-24,29,31H,5-20,22H2,1-4H3,(H,36,38)(H,37,40)(H,39,41);3*1-2H3. The lowest BCUT2D eigenvalue weighted by Gasteiger charge is -2.29. The average molecular weight is 701 g/mol. The predicted octanol–water partition coefficient (Wildman–Crippen LogP) is 9.20. The van der Waals surface area contributed by atoms with Gasteiger partial charge in [-0.15, -0.1) is 0 Å². The molecule has 1 aliphatic heterocycles. The molecular weight excluding hydrogens is 628 g/mol. The van der Waals surface area contributed by atoms with Crippen LogP contribution in [0.25, 0.3) is 0 Å². The molecule has 1 aliphatic rings. The van der Waals surface area contributed by atoms with Gasteiger partial charge in [-0.05, 0) is 75.1 Å². The van der Waals surface area contributed by atoms with Gasteiger partial charge in [0.1, 0.15) is 11.8 Å². The first-order chi connectivity index (χ1) is 24.3. The van der Waals surface area contributed by atoms with E-state index in [9.17, 15) is 14.4 Å². The number of rotatable bonds is 20. The second kappa shape index (κ2) is 29.4. The lowest BCUT2D eigenvalue weighted by molar-refractivity contribution is -0.145. The molecule has 2 aromatic rings. The van der Waals surface area contributed by atoms with Crippen molar-refractivity contribution >= 4 is 17.8 Å². The zero-order valence-corrected chi connectivity index (χ0v) is 33.4. The number of carbonyl (C=O) groups is 3. The SMILES string of the molecule is CC.CC.CC.COC(=O)C(Cc1cnc[nH]1)NC(=O)CCNC(=O)CCCCCCCCCCCCC1CCc2c(C)cc(C)c(C)c2O1. The molecule has 0 spiro atoms. The fourth-order valence-electron chi connectivity index (χ4n) is 6.00. The van der Waals surface area contributed by atoms with Gasteiger partial charge in [0, 0.05) is 37.7 Å². The molecule has 50 heavy (non-hydrogen) atoms. The Hall–Kier alpha value is -3.36. The largest absolute Gasteiger partial charge is 0.490 e. The van der Waals surface area contributed by atoms with Crippen molar-refractivity contribution in [2.75, 3.05) is 13.7 Å². The van der Waals surface area contributed by atoms with Crippen molar-refractivity contribution in [1.29, 1.82) is 0 Å². The smallest absolute Gasteiger partial charge is 0.328 e. The monoisotopic (exact) mass is 701 g/mol. The van der Waals surface area contributed by atoms with Gasteiger partial charge in [-0.2, -0.15) is 0 Å². The molecule has 3 N–H and O–H groups in total. The summed E-state index contributed by atoms with van der Waals surface area (Å²) in [4.78, 5) is 43.2. The third kappa shape index (κ3) is 18.6. The Kier molecular flexibility index (Phi) is 27.4. The number of methoxy groups -OCH3 is 1. The van der Waals surface area contributed by atoms with Crippen molar-refractivity contribution in [3.63, 3.8) is 0 Å². The quantitative estimate of drug-likeness (QED) is 0.0935. The fourth-order valence-corrected chi connectivity index (χ4v) is 6.00. The highest BCUT2D eigenvalue weighted by molar-refractivity contribution is 5.85. The second-order valence-corrected chi connectivity index (χ2v) is 12.3. The van der Waals surface area contributed by atoms with Crippen LogP contribution in [0.2, 0.25) is 0 Å². The molecule has 0 fully saturated rings. The summed E-state index contributed by atoms with van der Waals surface area (Å²) < 4.78 is 11.2. The second-order valence-electron chi connectivity index (χ2n) is 12.3. The van der Waals surface area contributed by atoms with E-state index in [-0.39, 0.29) is 31.2 Å². The number of carbonyl (C=O) groups excluding carboxylic acids is 3. The number of ether oxygens (including phenoxy) is 2. The summed E-state index contributed by atoms with van der Waals surface area (Å²) in [5.41, 5.74) is 6.15. The summed E-state index contributed by atoms with van der Waals surface area (Å²) in [6, 6.07) is 1.49. The highest BCUT2D eigenvalue weighted by Gasteiger charge is 2.24. The van der Waals surface area contributed by atoms with Crippen molar-refractivity contribution in [2.45, 2.75) is 177 Å². The highest BCUT2D eigenvalue weighted by atomic mass is 16.5. The molecule has 0 saturated heterocycles. The Morgan fingerprint density at radius 2 is 1.46 bits per heavy atom. The number of imidazole rings is 1. The van der Waals surface area contributed by atoms with Crippen molar-refractivity contribution in [2.24, 2.45) is 0 Å².